The third-order valence-corrected chi connectivity index (χ3v) is 5.17. The molecular weight excluding hydrogens is 363 g/mol. The summed E-state index contributed by atoms with van der Waals surface area (Å²) in [5.74, 6) is 0.0688. The standard InChI is InChI=1S/C18H20F3N3O3/c1-12(24-7-5-17(6-8-24)25-9-10-26-17)16-22-15(23-27-16)13-3-2-4-14(11-13)18(19,20)21/h2-4,11-12H,5-10H2,1H3/t12-/m0/s1. The molecule has 0 aliphatic carbocycles. The van der Waals surface area contributed by atoms with Crippen LogP contribution in [0, 0.1) is 0 Å². The highest BCUT2D eigenvalue weighted by molar-refractivity contribution is 5.55. The molecule has 0 N–H and O–H groups in total. The van der Waals surface area contributed by atoms with Gasteiger partial charge in [-0.25, -0.2) is 0 Å². The van der Waals surface area contributed by atoms with E-state index in [1.54, 1.807) is 0 Å². The van der Waals surface area contributed by atoms with Crippen molar-refractivity contribution in [3.63, 3.8) is 0 Å². The molecule has 0 unspecified atom stereocenters. The molecule has 2 fully saturated rings. The maximum atomic E-state index is 12.9. The Bertz CT molecular complexity index is 792. The smallest absolute Gasteiger partial charge is 0.347 e. The molecule has 0 bridgehead atoms. The molecule has 2 aliphatic rings. The maximum absolute atomic E-state index is 12.9. The van der Waals surface area contributed by atoms with Crippen molar-refractivity contribution in [2.75, 3.05) is 26.3 Å². The van der Waals surface area contributed by atoms with Gasteiger partial charge in [0.25, 0.3) is 0 Å². The number of hydrogen-bond donors (Lipinski definition) is 0. The Kier molecular flexibility index (Phi) is 4.69. The summed E-state index contributed by atoms with van der Waals surface area (Å²) in [6.45, 7) is 4.70. The number of hydrogen-bond acceptors (Lipinski definition) is 6. The molecule has 2 saturated heterocycles. The molecule has 6 nitrogen and oxygen atoms in total. The molecule has 27 heavy (non-hydrogen) atoms. The Hall–Kier alpha value is -1.97. The number of halogens is 3. The molecule has 1 aromatic carbocycles. The van der Waals surface area contributed by atoms with Crippen molar-refractivity contribution in [3.05, 3.63) is 35.7 Å². The Balaban J connectivity index is 1.46. The van der Waals surface area contributed by atoms with Crippen LogP contribution in [0.4, 0.5) is 13.2 Å². The molecule has 0 radical (unpaired) electrons. The van der Waals surface area contributed by atoms with Gasteiger partial charge >= 0.3 is 6.18 Å². The Labute approximate surface area is 154 Å². The SMILES string of the molecule is C[C@@H](c1nc(-c2cccc(C(F)(F)F)c2)no1)N1CCC2(CC1)OCCO2. The predicted octanol–water partition coefficient (Wildman–Crippen LogP) is 3.66. The van der Waals surface area contributed by atoms with Crippen LogP contribution in [0.25, 0.3) is 11.4 Å². The molecule has 4 rings (SSSR count). The second kappa shape index (κ2) is 6.88. The number of benzene rings is 1. The van der Waals surface area contributed by atoms with Crippen LogP contribution in [-0.4, -0.2) is 47.1 Å². The molecule has 1 aromatic heterocycles. The summed E-state index contributed by atoms with van der Waals surface area (Å²) in [6, 6.07) is 4.77. The zero-order chi connectivity index (χ0) is 19.1. The van der Waals surface area contributed by atoms with Gasteiger partial charge in [-0.3, -0.25) is 4.90 Å². The fourth-order valence-corrected chi connectivity index (χ4v) is 3.55. The molecule has 0 amide bonds. The van der Waals surface area contributed by atoms with Gasteiger partial charge in [-0.05, 0) is 19.1 Å². The van der Waals surface area contributed by atoms with Crippen molar-refractivity contribution in [1.82, 2.24) is 15.0 Å². The second-order valence-electron chi connectivity index (χ2n) is 6.85. The zero-order valence-corrected chi connectivity index (χ0v) is 14.8. The minimum atomic E-state index is -4.41. The summed E-state index contributed by atoms with van der Waals surface area (Å²) in [5.41, 5.74) is -0.463. The number of ether oxygens (including phenoxy) is 2. The van der Waals surface area contributed by atoms with E-state index in [-0.39, 0.29) is 17.4 Å². The van der Waals surface area contributed by atoms with Gasteiger partial charge < -0.3 is 14.0 Å². The third kappa shape index (κ3) is 3.71. The molecule has 9 heteroatoms. The van der Waals surface area contributed by atoms with E-state index in [0.29, 0.717) is 19.1 Å². The fourth-order valence-electron chi connectivity index (χ4n) is 3.55. The van der Waals surface area contributed by atoms with Crippen molar-refractivity contribution in [2.45, 2.75) is 37.8 Å². The monoisotopic (exact) mass is 383 g/mol. The van der Waals surface area contributed by atoms with Crippen LogP contribution in [0.2, 0.25) is 0 Å². The number of piperidine rings is 1. The number of nitrogens with zero attached hydrogens (tertiary/aromatic N) is 3. The van der Waals surface area contributed by atoms with E-state index in [4.69, 9.17) is 14.0 Å². The lowest BCUT2D eigenvalue weighted by molar-refractivity contribution is -0.188. The summed E-state index contributed by atoms with van der Waals surface area (Å²) in [5, 5.41) is 3.87. The van der Waals surface area contributed by atoms with Crippen LogP contribution in [-0.2, 0) is 15.7 Å². The van der Waals surface area contributed by atoms with E-state index in [9.17, 15) is 13.2 Å². The zero-order valence-electron chi connectivity index (χ0n) is 14.8. The number of rotatable bonds is 3. The first-order valence-corrected chi connectivity index (χ1v) is 8.90. The van der Waals surface area contributed by atoms with E-state index in [0.717, 1.165) is 38.1 Å². The lowest BCUT2D eigenvalue weighted by Crippen LogP contribution is -2.45. The first-order valence-electron chi connectivity index (χ1n) is 8.90. The van der Waals surface area contributed by atoms with Crippen LogP contribution in [0.3, 0.4) is 0 Å². The quantitative estimate of drug-likeness (QED) is 0.806. The molecule has 2 aromatic rings. The number of alkyl halides is 3. The van der Waals surface area contributed by atoms with E-state index in [2.05, 4.69) is 15.0 Å². The normalized spacial score (nSPS) is 21.6. The lowest BCUT2D eigenvalue weighted by atomic mass is 10.0. The first kappa shape index (κ1) is 18.4. The lowest BCUT2D eigenvalue weighted by Gasteiger charge is -2.39. The molecule has 1 atom stereocenters. The maximum Gasteiger partial charge on any atom is 0.416 e. The van der Waals surface area contributed by atoms with Crippen LogP contribution in [0.1, 0.15) is 37.3 Å². The Morgan fingerprint density at radius 1 is 1.15 bits per heavy atom. The van der Waals surface area contributed by atoms with Gasteiger partial charge in [0, 0.05) is 31.5 Å². The van der Waals surface area contributed by atoms with Crippen LogP contribution in [0.15, 0.2) is 28.8 Å². The van der Waals surface area contributed by atoms with Gasteiger partial charge in [0.05, 0.1) is 24.8 Å². The number of aromatic nitrogens is 2. The summed E-state index contributed by atoms with van der Waals surface area (Å²) in [7, 11) is 0. The van der Waals surface area contributed by atoms with Crippen molar-refractivity contribution in [2.24, 2.45) is 0 Å². The summed E-state index contributed by atoms with van der Waals surface area (Å²) >= 11 is 0. The molecule has 1 spiro atoms. The van der Waals surface area contributed by atoms with Gasteiger partial charge in [-0.2, -0.15) is 18.2 Å². The average molecular weight is 383 g/mol. The minimum absolute atomic E-state index is 0.143. The van der Waals surface area contributed by atoms with Crippen LogP contribution in [0.5, 0.6) is 0 Å². The average Bonchev–Trinajstić information content (AvgIpc) is 3.31. The van der Waals surface area contributed by atoms with Gasteiger partial charge in [0.2, 0.25) is 11.7 Å². The largest absolute Gasteiger partial charge is 0.416 e. The fraction of sp³-hybridized carbons (Fsp3) is 0.556. The van der Waals surface area contributed by atoms with E-state index >= 15 is 0 Å². The first-order chi connectivity index (χ1) is 12.9. The molecule has 0 saturated carbocycles. The van der Waals surface area contributed by atoms with Crippen molar-refractivity contribution in [1.29, 1.82) is 0 Å². The second-order valence-corrected chi connectivity index (χ2v) is 6.85. The van der Waals surface area contributed by atoms with Crippen molar-refractivity contribution in [3.8, 4) is 11.4 Å². The predicted molar refractivity (Wildman–Crippen MR) is 88.6 cm³/mol. The highest BCUT2D eigenvalue weighted by atomic mass is 19.4. The van der Waals surface area contributed by atoms with Crippen LogP contribution >= 0.6 is 0 Å². The summed E-state index contributed by atoms with van der Waals surface area (Å²) in [4.78, 5) is 6.50. The van der Waals surface area contributed by atoms with Gasteiger partial charge in [0.1, 0.15) is 0 Å². The summed E-state index contributed by atoms with van der Waals surface area (Å²) < 4.78 is 55.5. The van der Waals surface area contributed by atoms with Gasteiger partial charge in [-0.15, -0.1) is 0 Å². The van der Waals surface area contributed by atoms with E-state index in [1.165, 1.54) is 12.1 Å². The highest BCUT2D eigenvalue weighted by Crippen LogP contribution is 2.35. The van der Waals surface area contributed by atoms with E-state index in [1.807, 2.05) is 6.92 Å². The summed E-state index contributed by atoms with van der Waals surface area (Å²) in [6.07, 6.45) is -2.90. The van der Waals surface area contributed by atoms with E-state index < -0.39 is 17.5 Å². The van der Waals surface area contributed by atoms with Gasteiger partial charge in [0.15, 0.2) is 5.79 Å². The topological polar surface area (TPSA) is 60.6 Å². The molecule has 3 heterocycles. The Morgan fingerprint density at radius 2 is 1.85 bits per heavy atom. The molecular formula is C18H20F3N3O3. The third-order valence-electron chi connectivity index (χ3n) is 5.17. The minimum Gasteiger partial charge on any atom is -0.347 e. The van der Waals surface area contributed by atoms with Gasteiger partial charge in [-0.1, -0.05) is 17.3 Å². The van der Waals surface area contributed by atoms with Crippen LogP contribution < -0.4 is 0 Å². The number of likely N-dealkylation sites (tertiary alicyclic amines) is 1. The highest BCUT2D eigenvalue weighted by Gasteiger charge is 2.41. The Morgan fingerprint density at radius 3 is 2.52 bits per heavy atom. The van der Waals surface area contributed by atoms with Crippen molar-refractivity contribution < 1.29 is 27.2 Å². The van der Waals surface area contributed by atoms with Crippen molar-refractivity contribution >= 4 is 0 Å². The molecule has 2 aliphatic heterocycles. The molecule has 146 valence electrons.